The molecule has 0 aromatic carbocycles. The first-order valence-electron chi connectivity index (χ1n) is 6.88. The van der Waals surface area contributed by atoms with Gasteiger partial charge in [0.25, 0.3) is 5.91 Å². The minimum atomic E-state index is -0.0521. The van der Waals surface area contributed by atoms with E-state index in [1.165, 1.54) is 0 Å². The molecule has 0 bridgehead atoms. The molecule has 1 saturated heterocycles. The lowest BCUT2D eigenvalue weighted by atomic mass is 10.2. The van der Waals surface area contributed by atoms with Gasteiger partial charge in [0, 0.05) is 52.0 Å². The molecule has 2 heterocycles. The van der Waals surface area contributed by atoms with E-state index in [0.29, 0.717) is 12.1 Å². The Morgan fingerprint density at radius 3 is 2.90 bits per heavy atom. The molecule has 2 rings (SSSR count). The van der Waals surface area contributed by atoms with Gasteiger partial charge in [0.2, 0.25) is 0 Å². The van der Waals surface area contributed by atoms with E-state index in [1.807, 2.05) is 19.0 Å². The van der Waals surface area contributed by atoms with Crippen molar-refractivity contribution in [3.8, 4) is 0 Å². The Labute approximate surface area is 119 Å². The van der Waals surface area contributed by atoms with Gasteiger partial charge in [-0.25, -0.2) is 4.98 Å². The van der Waals surface area contributed by atoms with Crippen molar-refractivity contribution in [1.82, 2.24) is 15.2 Å². The maximum absolute atomic E-state index is 12.1. The lowest BCUT2D eigenvalue weighted by Crippen LogP contribution is -2.41. The van der Waals surface area contributed by atoms with Crippen LogP contribution in [0.25, 0.3) is 0 Å². The van der Waals surface area contributed by atoms with Crippen LogP contribution >= 0.6 is 0 Å². The number of nitrogens with one attached hydrogen (secondary N) is 1. The number of hydrogen-bond acceptors (Lipinski definition) is 5. The molecular formula is C14H22N4O2. The maximum atomic E-state index is 12.1. The largest absolute Gasteiger partial charge is 0.379 e. The highest BCUT2D eigenvalue weighted by atomic mass is 16.5. The van der Waals surface area contributed by atoms with Crippen LogP contribution in [0.5, 0.6) is 0 Å². The standard InChI is InChI=1S/C14H22N4O2/c1-17(2)13-11-12(3-4-15-13)14(19)16-5-6-18-7-9-20-10-8-18/h3-4,11H,5-10H2,1-2H3,(H,16,19). The predicted molar refractivity (Wildman–Crippen MR) is 78.2 cm³/mol. The SMILES string of the molecule is CN(C)c1cc(C(=O)NCCN2CCOCC2)ccn1. The molecule has 1 aliphatic rings. The molecule has 0 spiro atoms. The Hall–Kier alpha value is -1.66. The van der Waals surface area contributed by atoms with E-state index in [2.05, 4.69) is 15.2 Å². The molecule has 1 amide bonds. The summed E-state index contributed by atoms with van der Waals surface area (Å²) in [4.78, 5) is 20.4. The summed E-state index contributed by atoms with van der Waals surface area (Å²) in [5, 5.41) is 2.94. The van der Waals surface area contributed by atoms with E-state index < -0.39 is 0 Å². The van der Waals surface area contributed by atoms with Crippen molar-refractivity contribution in [1.29, 1.82) is 0 Å². The summed E-state index contributed by atoms with van der Waals surface area (Å²) in [5.41, 5.74) is 0.644. The Morgan fingerprint density at radius 1 is 1.45 bits per heavy atom. The smallest absolute Gasteiger partial charge is 0.251 e. The number of aromatic nitrogens is 1. The first kappa shape index (κ1) is 14.7. The van der Waals surface area contributed by atoms with Gasteiger partial charge in [0.15, 0.2) is 0 Å². The molecule has 0 radical (unpaired) electrons. The Morgan fingerprint density at radius 2 is 2.20 bits per heavy atom. The number of pyridine rings is 1. The van der Waals surface area contributed by atoms with Crippen LogP contribution in [-0.2, 0) is 4.74 Å². The van der Waals surface area contributed by atoms with Crippen LogP contribution in [0, 0.1) is 0 Å². The zero-order chi connectivity index (χ0) is 14.4. The molecular weight excluding hydrogens is 256 g/mol. The second kappa shape index (κ2) is 7.21. The number of nitrogens with zero attached hydrogens (tertiary/aromatic N) is 3. The molecule has 1 aromatic rings. The number of carbonyl (C=O) groups is 1. The number of ether oxygens (including phenoxy) is 1. The van der Waals surface area contributed by atoms with Gasteiger partial charge in [-0.3, -0.25) is 9.69 Å². The summed E-state index contributed by atoms with van der Waals surface area (Å²) < 4.78 is 5.29. The molecule has 1 fully saturated rings. The molecule has 1 N–H and O–H groups in total. The van der Waals surface area contributed by atoms with E-state index in [-0.39, 0.29) is 5.91 Å². The second-order valence-corrected chi connectivity index (χ2v) is 5.01. The van der Waals surface area contributed by atoms with E-state index in [4.69, 9.17) is 4.74 Å². The van der Waals surface area contributed by atoms with Crippen molar-refractivity contribution >= 4 is 11.7 Å². The highest BCUT2D eigenvalue weighted by Gasteiger charge is 2.11. The summed E-state index contributed by atoms with van der Waals surface area (Å²) in [6.45, 7) is 4.96. The van der Waals surface area contributed by atoms with Crippen molar-refractivity contribution < 1.29 is 9.53 Å². The van der Waals surface area contributed by atoms with Gasteiger partial charge in [-0.1, -0.05) is 0 Å². The van der Waals surface area contributed by atoms with Gasteiger partial charge in [-0.15, -0.1) is 0 Å². The van der Waals surface area contributed by atoms with E-state index in [1.54, 1.807) is 18.3 Å². The summed E-state index contributed by atoms with van der Waals surface area (Å²) in [6, 6.07) is 3.53. The fourth-order valence-corrected chi connectivity index (χ4v) is 2.06. The molecule has 6 heteroatoms. The quantitative estimate of drug-likeness (QED) is 0.834. The van der Waals surface area contributed by atoms with Gasteiger partial charge in [-0.2, -0.15) is 0 Å². The van der Waals surface area contributed by atoms with Crippen molar-refractivity contribution in [3.63, 3.8) is 0 Å². The van der Waals surface area contributed by atoms with E-state index in [0.717, 1.165) is 38.7 Å². The van der Waals surface area contributed by atoms with Crippen molar-refractivity contribution in [2.24, 2.45) is 0 Å². The minimum absolute atomic E-state index is 0.0521. The number of anilines is 1. The third-order valence-corrected chi connectivity index (χ3v) is 3.28. The lowest BCUT2D eigenvalue weighted by molar-refractivity contribution is 0.0383. The topological polar surface area (TPSA) is 57.7 Å². The average Bonchev–Trinajstić information content (AvgIpc) is 2.48. The molecule has 110 valence electrons. The highest BCUT2D eigenvalue weighted by molar-refractivity contribution is 5.94. The Kier molecular flexibility index (Phi) is 5.31. The fourth-order valence-electron chi connectivity index (χ4n) is 2.06. The van der Waals surface area contributed by atoms with Crippen LogP contribution in [-0.4, -0.2) is 69.3 Å². The summed E-state index contributed by atoms with van der Waals surface area (Å²) in [6.07, 6.45) is 1.66. The predicted octanol–water partition coefficient (Wildman–Crippen LogP) is 0.210. The average molecular weight is 278 g/mol. The van der Waals surface area contributed by atoms with E-state index in [9.17, 15) is 4.79 Å². The summed E-state index contributed by atoms with van der Waals surface area (Å²) in [7, 11) is 3.81. The number of hydrogen-bond donors (Lipinski definition) is 1. The molecule has 0 saturated carbocycles. The number of amides is 1. The van der Waals surface area contributed by atoms with E-state index >= 15 is 0 Å². The van der Waals surface area contributed by atoms with Crippen LogP contribution < -0.4 is 10.2 Å². The molecule has 6 nitrogen and oxygen atoms in total. The third kappa shape index (κ3) is 4.18. The van der Waals surface area contributed by atoms with Crippen LogP contribution in [0.2, 0.25) is 0 Å². The zero-order valence-electron chi connectivity index (χ0n) is 12.1. The van der Waals surface area contributed by atoms with Gasteiger partial charge in [0.05, 0.1) is 13.2 Å². The monoisotopic (exact) mass is 278 g/mol. The number of morpholine rings is 1. The minimum Gasteiger partial charge on any atom is -0.379 e. The Balaban J connectivity index is 1.80. The van der Waals surface area contributed by atoms with Crippen LogP contribution in [0.1, 0.15) is 10.4 Å². The van der Waals surface area contributed by atoms with Crippen molar-refractivity contribution in [3.05, 3.63) is 23.9 Å². The molecule has 0 aliphatic carbocycles. The lowest BCUT2D eigenvalue weighted by Gasteiger charge is -2.26. The summed E-state index contributed by atoms with van der Waals surface area (Å²) in [5.74, 6) is 0.731. The normalized spacial score (nSPS) is 15.9. The Bertz CT molecular complexity index is 445. The summed E-state index contributed by atoms with van der Waals surface area (Å²) >= 11 is 0. The van der Waals surface area contributed by atoms with Gasteiger partial charge < -0.3 is 15.0 Å². The first-order chi connectivity index (χ1) is 9.66. The van der Waals surface area contributed by atoms with Gasteiger partial charge in [0.1, 0.15) is 5.82 Å². The molecule has 1 aliphatic heterocycles. The third-order valence-electron chi connectivity index (χ3n) is 3.28. The second-order valence-electron chi connectivity index (χ2n) is 5.01. The van der Waals surface area contributed by atoms with Crippen LogP contribution in [0.3, 0.4) is 0 Å². The maximum Gasteiger partial charge on any atom is 0.251 e. The fraction of sp³-hybridized carbons (Fsp3) is 0.571. The van der Waals surface area contributed by atoms with Crippen molar-refractivity contribution in [2.75, 3.05) is 58.4 Å². The van der Waals surface area contributed by atoms with Crippen LogP contribution in [0.15, 0.2) is 18.3 Å². The van der Waals surface area contributed by atoms with Gasteiger partial charge in [-0.05, 0) is 12.1 Å². The molecule has 0 atom stereocenters. The van der Waals surface area contributed by atoms with Gasteiger partial charge >= 0.3 is 0 Å². The number of rotatable bonds is 5. The molecule has 20 heavy (non-hydrogen) atoms. The first-order valence-corrected chi connectivity index (χ1v) is 6.88. The van der Waals surface area contributed by atoms with Crippen LogP contribution in [0.4, 0.5) is 5.82 Å². The highest BCUT2D eigenvalue weighted by Crippen LogP contribution is 2.09. The molecule has 0 unspecified atom stereocenters. The molecule has 1 aromatic heterocycles. The number of carbonyl (C=O) groups excluding carboxylic acids is 1. The zero-order valence-corrected chi connectivity index (χ0v) is 12.1. The van der Waals surface area contributed by atoms with Crippen molar-refractivity contribution in [2.45, 2.75) is 0 Å².